The van der Waals surface area contributed by atoms with E-state index in [1.165, 1.54) is 4.31 Å². The van der Waals surface area contributed by atoms with Gasteiger partial charge in [-0.2, -0.15) is 4.31 Å². The number of hydrogen-bond acceptors (Lipinski definition) is 5. The van der Waals surface area contributed by atoms with Gasteiger partial charge in [0.15, 0.2) is 0 Å². The number of aliphatic hydroxyl groups is 1. The fraction of sp³-hybridized carbons (Fsp3) is 0.391. The zero-order valence-electron chi connectivity index (χ0n) is 17.9. The molecule has 1 saturated heterocycles. The maximum atomic E-state index is 12.9. The highest BCUT2D eigenvalue weighted by molar-refractivity contribution is 7.89. The molecule has 1 fully saturated rings. The molecule has 0 spiro atoms. The molecule has 7 nitrogen and oxygen atoms in total. The first-order valence-corrected chi connectivity index (χ1v) is 12.0. The van der Waals surface area contributed by atoms with Crippen LogP contribution in [0.4, 0.5) is 0 Å². The van der Waals surface area contributed by atoms with Crippen molar-refractivity contribution in [3.63, 3.8) is 0 Å². The number of aliphatic hydroxyl groups excluding tert-OH is 1. The highest BCUT2D eigenvalue weighted by atomic mass is 32.2. The van der Waals surface area contributed by atoms with E-state index in [-0.39, 0.29) is 4.90 Å². The van der Waals surface area contributed by atoms with Gasteiger partial charge in [0.1, 0.15) is 5.75 Å². The minimum Gasteiger partial charge on any atom is -0.497 e. The summed E-state index contributed by atoms with van der Waals surface area (Å²) in [6.07, 6.45) is 1.40. The third-order valence-corrected chi connectivity index (χ3v) is 7.89. The van der Waals surface area contributed by atoms with E-state index in [9.17, 15) is 13.5 Å². The zero-order chi connectivity index (χ0) is 22.0. The van der Waals surface area contributed by atoms with E-state index in [0.29, 0.717) is 38.5 Å². The molecule has 1 aliphatic rings. The number of piperazine rings is 1. The summed E-state index contributed by atoms with van der Waals surface area (Å²) in [6.45, 7) is 5.38. The second kappa shape index (κ2) is 9.00. The van der Waals surface area contributed by atoms with Crippen molar-refractivity contribution in [2.45, 2.75) is 24.5 Å². The number of nitrogens with zero attached hydrogens (tertiary/aromatic N) is 3. The van der Waals surface area contributed by atoms with Crippen molar-refractivity contribution in [1.29, 1.82) is 0 Å². The van der Waals surface area contributed by atoms with Crippen LogP contribution in [-0.2, 0) is 16.6 Å². The van der Waals surface area contributed by atoms with Crippen molar-refractivity contribution in [1.82, 2.24) is 13.8 Å². The molecule has 0 aliphatic carbocycles. The molecule has 1 atom stereocenters. The average Bonchev–Trinajstić information content (AvgIpc) is 3.18. The number of para-hydroxylation sites is 1. The number of ether oxygens (including phenoxy) is 1. The lowest BCUT2D eigenvalue weighted by Gasteiger charge is -2.34. The van der Waals surface area contributed by atoms with Crippen molar-refractivity contribution in [2.75, 3.05) is 39.8 Å². The van der Waals surface area contributed by atoms with Gasteiger partial charge in [0, 0.05) is 61.9 Å². The topological polar surface area (TPSA) is 75.0 Å². The van der Waals surface area contributed by atoms with Crippen LogP contribution in [-0.4, -0.2) is 67.1 Å². The Morgan fingerprint density at radius 2 is 1.71 bits per heavy atom. The third kappa shape index (κ3) is 4.34. The van der Waals surface area contributed by atoms with Crippen molar-refractivity contribution in [3.8, 4) is 5.75 Å². The lowest BCUT2D eigenvalue weighted by molar-refractivity contribution is 0.0928. The Labute approximate surface area is 183 Å². The van der Waals surface area contributed by atoms with Crippen LogP contribution in [0.2, 0.25) is 0 Å². The van der Waals surface area contributed by atoms with E-state index in [1.54, 1.807) is 31.4 Å². The summed E-state index contributed by atoms with van der Waals surface area (Å²) in [5.74, 6) is 0.627. The fourth-order valence-corrected chi connectivity index (χ4v) is 5.62. The number of fused-ring (bicyclic) bond motifs is 1. The standard InChI is InChI=1S/C23H29N3O4S/c1-3-25-16-21(20-6-4-5-7-22(20)25)23(27)17-24-12-14-26(15-13-24)31(28,29)19-10-8-18(30-2)9-11-19/h4-11,16,23,27H,3,12-15,17H2,1-2H3. The van der Waals surface area contributed by atoms with Gasteiger partial charge in [0.2, 0.25) is 10.0 Å². The molecular weight excluding hydrogens is 414 g/mol. The highest BCUT2D eigenvalue weighted by Crippen LogP contribution is 2.28. The van der Waals surface area contributed by atoms with Crippen LogP contribution in [0.25, 0.3) is 10.9 Å². The summed E-state index contributed by atoms with van der Waals surface area (Å²) in [5, 5.41) is 12.0. The largest absolute Gasteiger partial charge is 0.497 e. The number of sulfonamides is 1. The molecule has 4 rings (SSSR count). The molecule has 1 unspecified atom stereocenters. The van der Waals surface area contributed by atoms with Crippen LogP contribution < -0.4 is 4.74 Å². The number of hydrogen-bond donors (Lipinski definition) is 1. The fourth-order valence-electron chi connectivity index (χ4n) is 4.19. The quantitative estimate of drug-likeness (QED) is 0.608. The van der Waals surface area contributed by atoms with Crippen LogP contribution in [0.1, 0.15) is 18.6 Å². The minimum atomic E-state index is -3.53. The van der Waals surface area contributed by atoms with Gasteiger partial charge in [0.25, 0.3) is 0 Å². The van der Waals surface area contributed by atoms with Crippen molar-refractivity contribution >= 4 is 20.9 Å². The molecule has 1 aromatic heterocycles. The third-order valence-electron chi connectivity index (χ3n) is 5.98. The van der Waals surface area contributed by atoms with Crippen LogP contribution in [0.5, 0.6) is 5.75 Å². The van der Waals surface area contributed by atoms with Gasteiger partial charge in [-0.1, -0.05) is 18.2 Å². The summed E-state index contributed by atoms with van der Waals surface area (Å²) in [4.78, 5) is 2.40. The van der Waals surface area contributed by atoms with Gasteiger partial charge in [-0.05, 0) is 37.3 Å². The van der Waals surface area contributed by atoms with Crippen LogP contribution in [0, 0.1) is 0 Å². The molecule has 1 aliphatic heterocycles. The number of aromatic nitrogens is 1. The molecule has 166 valence electrons. The lowest BCUT2D eigenvalue weighted by atomic mass is 10.1. The molecule has 8 heteroatoms. The Morgan fingerprint density at radius 3 is 2.35 bits per heavy atom. The molecule has 1 N–H and O–H groups in total. The molecule has 3 aromatic rings. The van der Waals surface area contributed by atoms with Gasteiger partial charge >= 0.3 is 0 Å². The van der Waals surface area contributed by atoms with E-state index in [0.717, 1.165) is 23.0 Å². The number of β-amino-alcohol motifs (C(OH)–C–C–N with tert-alkyl or cyclic N) is 1. The molecule has 0 saturated carbocycles. The van der Waals surface area contributed by atoms with Gasteiger partial charge < -0.3 is 14.4 Å². The number of aryl methyl sites for hydroxylation is 1. The predicted molar refractivity (Wildman–Crippen MR) is 121 cm³/mol. The summed E-state index contributed by atoms with van der Waals surface area (Å²) in [7, 11) is -1.98. The van der Waals surface area contributed by atoms with E-state index in [2.05, 4.69) is 22.5 Å². The average molecular weight is 444 g/mol. The van der Waals surface area contributed by atoms with Crippen LogP contribution in [0.3, 0.4) is 0 Å². The van der Waals surface area contributed by atoms with E-state index >= 15 is 0 Å². The molecule has 0 radical (unpaired) electrons. The molecule has 0 bridgehead atoms. The number of rotatable bonds is 7. The SMILES string of the molecule is CCn1cc(C(O)CN2CCN(S(=O)(=O)c3ccc(OC)cc3)CC2)c2ccccc21. The monoisotopic (exact) mass is 443 g/mol. The van der Waals surface area contributed by atoms with Crippen molar-refractivity contribution in [3.05, 3.63) is 60.3 Å². The van der Waals surface area contributed by atoms with Crippen molar-refractivity contribution in [2.24, 2.45) is 0 Å². The van der Waals surface area contributed by atoms with Gasteiger partial charge in [-0.25, -0.2) is 8.42 Å². The number of methoxy groups -OCH3 is 1. The lowest BCUT2D eigenvalue weighted by Crippen LogP contribution is -2.49. The summed E-state index contributed by atoms with van der Waals surface area (Å²) < 4.78 is 34.6. The highest BCUT2D eigenvalue weighted by Gasteiger charge is 2.29. The Balaban J connectivity index is 1.41. The van der Waals surface area contributed by atoms with Crippen LogP contribution >= 0.6 is 0 Å². The predicted octanol–water partition coefficient (Wildman–Crippen LogP) is 2.71. The molecule has 2 aromatic carbocycles. The van der Waals surface area contributed by atoms with E-state index in [1.807, 2.05) is 24.4 Å². The molecule has 0 amide bonds. The molecule has 2 heterocycles. The van der Waals surface area contributed by atoms with Gasteiger partial charge in [-0.3, -0.25) is 4.90 Å². The maximum absolute atomic E-state index is 12.9. The van der Waals surface area contributed by atoms with E-state index < -0.39 is 16.1 Å². The summed E-state index contributed by atoms with van der Waals surface area (Å²) in [5.41, 5.74) is 2.04. The summed E-state index contributed by atoms with van der Waals surface area (Å²) in [6, 6.07) is 14.6. The van der Waals surface area contributed by atoms with Gasteiger partial charge in [0.05, 0.1) is 18.1 Å². The smallest absolute Gasteiger partial charge is 0.243 e. The first kappa shape index (κ1) is 21.8. The Bertz CT molecular complexity index is 1130. The Morgan fingerprint density at radius 1 is 1.03 bits per heavy atom. The molecular formula is C23H29N3O4S. The first-order chi connectivity index (χ1) is 14.9. The second-order valence-electron chi connectivity index (χ2n) is 7.78. The first-order valence-electron chi connectivity index (χ1n) is 10.6. The maximum Gasteiger partial charge on any atom is 0.243 e. The summed E-state index contributed by atoms with van der Waals surface area (Å²) >= 11 is 0. The van der Waals surface area contributed by atoms with Gasteiger partial charge in [-0.15, -0.1) is 0 Å². The molecule has 31 heavy (non-hydrogen) atoms. The Hall–Kier alpha value is -2.39. The van der Waals surface area contributed by atoms with Crippen molar-refractivity contribution < 1.29 is 18.3 Å². The second-order valence-corrected chi connectivity index (χ2v) is 9.72. The minimum absolute atomic E-state index is 0.272. The zero-order valence-corrected chi connectivity index (χ0v) is 18.8. The van der Waals surface area contributed by atoms with E-state index in [4.69, 9.17) is 4.74 Å². The number of benzene rings is 2. The normalized spacial score (nSPS) is 17.1. The van der Waals surface area contributed by atoms with Crippen LogP contribution in [0.15, 0.2) is 59.6 Å². The Kier molecular flexibility index (Phi) is 6.34.